The molecule has 0 fully saturated rings. The molecule has 1 aliphatic carbocycles. The molecule has 0 radical (unpaired) electrons. The summed E-state index contributed by atoms with van der Waals surface area (Å²) in [7, 11) is 4.16. The van der Waals surface area contributed by atoms with Gasteiger partial charge in [0.25, 0.3) is 0 Å². The number of aryl methyl sites for hydroxylation is 2. The molecular weight excluding hydrogens is 258 g/mol. The number of benzene rings is 2. The van der Waals surface area contributed by atoms with Crippen LogP contribution in [0.1, 0.15) is 28.4 Å². The van der Waals surface area contributed by atoms with Gasteiger partial charge in [0.05, 0.1) is 6.61 Å². The van der Waals surface area contributed by atoms with E-state index in [9.17, 15) is 0 Å². The average molecular weight is 281 g/mol. The molecule has 0 unspecified atom stereocenters. The van der Waals surface area contributed by atoms with Crippen LogP contribution in [0.3, 0.4) is 0 Å². The number of hydrogen-bond donors (Lipinski definition) is 0. The maximum atomic E-state index is 6.29. The van der Waals surface area contributed by atoms with E-state index in [1.165, 1.54) is 22.3 Å². The van der Waals surface area contributed by atoms with Gasteiger partial charge in [0.1, 0.15) is 6.10 Å². The first-order valence-electron chi connectivity index (χ1n) is 7.67. The molecule has 0 atom stereocenters. The second-order valence-corrected chi connectivity index (χ2v) is 5.95. The monoisotopic (exact) mass is 281 g/mol. The van der Waals surface area contributed by atoms with Crippen molar-refractivity contribution in [2.75, 3.05) is 27.2 Å². The fraction of sp³-hybridized carbons (Fsp3) is 0.368. The Kier molecular flexibility index (Phi) is 4.37. The molecule has 0 aliphatic heterocycles. The maximum Gasteiger partial charge on any atom is 0.108 e. The molecule has 0 saturated heterocycles. The van der Waals surface area contributed by atoms with E-state index in [0.717, 1.165) is 26.0 Å². The lowest BCUT2D eigenvalue weighted by atomic mass is 9.97. The van der Waals surface area contributed by atoms with Crippen molar-refractivity contribution in [3.63, 3.8) is 0 Å². The molecule has 0 heterocycles. The molecule has 0 N–H and O–H groups in total. The van der Waals surface area contributed by atoms with E-state index in [1.54, 1.807) is 0 Å². The predicted octanol–water partition coefficient (Wildman–Crippen LogP) is 3.45. The van der Waals surface area contributed by atoms with Crippen molar-refractivity contribution in [1.29, 1.82) is 0 Å². The maximum absolute atomic E-state index is 6.29. The third-order valence-corrected chi connectivity index (χ3v) is 4.16. The first-order chi connectivity index (χ1) is 10.3. The van der Waals surface area contributed by atoms with Gasteiger partial charge in [0.15, 0.2) is 0 Å². The number of hydrogen-bond acceptors (Lipinski definition) is 2. The van der Waals surface area contributed by atoms with E-state index in [1.807, 2.05) is 0 Å². The van der Waals surface area contributed by atoms with E-state index in [-0.39, 0.29) is 6.10 Å². The second-order valence-electron chi connectivity index (χ2n) is 5.95. The van der Waals surface area contributed by atoms with Crippen molar-refractivity contribution in [3.8, 4) is 0 Å². The summed E-state index contributed by atoms with van der Waals surface area (Å²) < 4.78 is 6.29. The fourth-order valence-electron chi connectivity index (χ4n) is 3.00. The minimum atomic E-state index is 0.0693. The molecule has 21 heavy (non-hydrogen) atoms. The van der Waals surface area contributed by atoms with Gasteiger partial charge in [0, 0.05) is 6.54 Å². The van der Waals surface area contributed by atoms with Crippen LogP contribution in [0.5, 0.6) is 0 Å². The molecule has 2 aromatic rings. The summed E-state index contributed by atoms with van der Waals surface area (Å²) in [6.45, 7) is 1.70. The van der Waals surface area contributed by atoms with Gasteiger partial charge in [-0.3, -0.25) is 0 Å². The van der Waals surface area contributed by atoms with Crippen LogP contribution < -0.4 is 0 Å². The Hall–Kier alpha value is -1.64. The van der Waals surface area contributed by atoms with Crippen LogP contribution in [-0.2, 0) is 17.6 Å². The molecule has 0 spiro atoms. The lowest BCUT2D eigenvalue weighted by Crippen LogP contribution is -2.20. The third-order valence-electron chi connectivity index (χ3n) is 4.16. The Balaban J connectivity index is 1.95. The van der Waals surface area contributed by atoms with E-state index in [0.29, 0.717) is 0 Å². The Morgan fingerprint density at radius 1 is 0.905 bits per heavy atom. The SMILES string of the molecule is CN(C)CCOC1c2ccccc2CCc2ccccc21. The third kappa shape index (κ3) is 3.17. The first-order valence-corrected chi connectivity index (χ1v) is 7.67. The van der Waals surface area contributed by atoms with Gasteiger partial charge in [0.2, 0.25) is 0 Å². The molecule has 2 aromatic carbocycles. The molecule has 0 amide bonds. The Bertz CT molecular complexity index is 559. The Morgan fingerprint density at radius 2 is 1.43 bits per heavy atom. The highest BCUT2D eigenvalue weighted by molar-refractivity contribution is 5.43. The van der Waals surface area contributed by atoms with Crippen molar-refractivity contribution in [3.05, 3.63) is 70.8 Å². The van der Waals surface area contributed by atoms with Gasteiger partial charge < -0.3 is 9.64 Å². The van der Waals surface area contributed by atoms with Crippen molar-refractivity contribution in [1.82, 2.24) is 4.90 Å². The van der Waals surface area contributed by atoms with E-state index < -0.39 is 0 Å². The number of rotatable bonds is 4. The van der Waals surface area contributed by atoms with Crippen LogP contribution >= 0.6 is 0 Å². The largest absolute Gasteiger partial charge is 0.367 e. The fourth-order valence-corrected chi connectivity index (χ4v) is 3.00. The van der Waals surface area contributed by atoms with Crippen LogP contribution in [-0.4, -0.2) is 32.1 Å². The molecule has 1 aliphatic rings. The normalized spacial score (nSPS) is 14.6. The predicted molar refractivity (Wildman–Crippen MR) is 86.6 cm³/mol. The summed E-state index contributed by atoms with van der Waals surface area (Å²) in [5, 5.41) is 0. The Morgan fingerprint density at radius 3 is 1.95 bits per heavy atom. The smallest absolute Gasteiger partial charge is 0.108 e. The van der Waals surface area contributed by atoms with E-state index >= 15 is 0 Å². The first kappa shape index (κ1) is 14.3. The van der Waals surface area contributed by atoms with Gasteiger partial charge in [-0.2, -0.15) is 0 Å². The van der Waals surface area contributed by atoms with Crippen molar-refractivity contribution in [2.24, 2.45) is 0 Å². The van der Waals surface area contributed by atoms with E-state index in [4.69, 9.17) is 4.74 Å². The van der Waals surface area contributed by atoms with Crippen LogP contribution in [0.4, 0.5) is 0 Å². The van der Waals surface area contributed by atoms with Crippen LogP contribution in [0.2, 0.25) is 0 Å². The number of ether oxygens (including phenoxy) is 1. The van der Waals surface area contributed by atoms with Crippen molar-refractivity contribution in [2.45, 2.75) is 18.9 Å². The number of likely N-dealkylation sites (N-methyl/N-ethyl adjacent to an activating group) is 1. The Labute approximate surface area is 127 Å². The zero-order valence-corrected chi connectivity index (χ0v) is 12.9. The standard InChI is InChI=1S/C19H23NO/c1-20(2)13-14-21-19-17-9-5-3-7-15(17)11-12-16-8-4-6-10-18(16)19/h3-10,19H,11-14H2,1-2H3. The summed E-state index contributed by atoms with van der Waals surface area (Å²) in [6.07, 6.45) is 2.27. The molecular formula is C19H23NO. The molecule has 3 rings (SSSR count). The average Bonchev–Trinajstić information content (AvgIpc) is 2.65. The number of fused-ring (bicyclic) bond motifs is 2. The molecule has 110 valence electrons. The zero-order chi connectivity index (χ0) is 14.7. The number of nitrogens with zero attached hydrogens (tertiary/aromatic N) is 1. The van der Waals surface area contributed by atoms with Crippen LogP contribution in [0, 0.1) is 0 Å². The van der Waals surface area contributed by atoms with Gasteiger partial charge in [-0.25, -0.2) is 0 Å². The highest BCUT2D eigenvalue weighted by Gasteiger charge is 2.23. The summed E-state index contributed by atoms with van der Waals surface area (Å²) >= 11 is 0. The minimum Gasteiger partial charge on any atom is -0.367 e. The van der Waals surface area contributed by atoms with Crippen molar-refractivity contribution < 1.29 is 4.74 Å². The molecule has 2 nitrogen and oxygen atoms in total. The molecule has 2 heteroatoms. The molecule has 0 bridgehead atoms. The lowest BCUT2D eigenvalue weighted by Gasteiger charge is -2.22. The quantitative estimate of drug-likeness (QED) is 0.851. The van der Waals surface area contributed by atoms with E-state index in [2.05, 4.69) is 67.5 Å². The summed E-state index contributed by atoms with van der Waals surface area (Å²) in [6, 6.07) is 17.4. The highest BCUT2D eigenvalue weighted by atomic mass is 16.5. The summed E-state index contributed by atoms with van der Waals surface area (Å²) in [4.78, 5) is 2.16. The van der Waals surface area contributed by atoms with Crippen LogP contribution in [0.25, 0.3) is 0 Å². The summed E-state index contributed by atoms with van der Waals surface area (Å²) in [5.41, 5.74) is 5.51. The van der Waals surface area contributed by atoms with Gasteiger partial charge >= 0.3 is 0 Å². The lowest BCUT2D eigenvalue weighted by molar-refractivity contribution is 0.0683. The van der Waals surface area contributed by atoms with Gasteiger partial charge in [-0.15, -0.1) is 0 Å². The molecule has 0 aromatic heterocycles. The van der Waals surface area contributed by atoms with Crippen LogP contribution in [0.15, 0.2) is 48.5 Å². The zero-order valence-electron chi connectivity index (χ0n) is 12.9. The van der Waals surface area contributed by atoms with Gasteiger partial charge in [-0.1, -0.05) is 48.5 Å². The molecule has 0 saturated carbocycles. The minimum absolute atomic E-state index is 0.0693. The van der Waals surface area contributed by atoms with Gasteiger partial charge in [-0.05, 0) is 49.2 Å². The highest BCUT2D eigenvalue weighted by Crippen LogP contribution is 2.34. The topological polar surface area (TPSA) is 12.5 Å². The van der Waals surface area contributed by atoms with Crippen molar-refractivity contribution >= 4 is 0 Å². The second kappa shape index (κ2) is 6.42. The summed E-state index contributed by atoms with van der Waals surface area (Å²) in [5.74, 6) is 0.